The Morgan fingerprint density at radius 2 is 1.83 bits per heavy atom. The third kappa shape index (κ3) is 4.44. The maximum atomic E-state index is 13.5. The highest BCUT2D eigenvalue weighted by Crippen LogP contribution is 2.38. The maximum Gasteiger partial charge on any atom is 0.259 e. The van der Waals surface area contributed by atoms with Crippen molar-refractivity contribution in [3.8, 4) is 22.6 Å². The molecule has 0 saturated carbocycles. The first-order valence-electron chi connectivity index (χ1n) is 11.2. The van der Waals surface area contributed by atoms with Gasteiger partial charge < -0.3 is 24.8 Å². The number of rotatable bonds is 7. The first kappa shape index (κ1) is 24.2. The molecule has 3 aromatic rings. The van der Waals surface area contributed by atoms with Gasteiger partial charge in [-0.05, 0) is 37.1 Å². The monoisotopic (exact) mass is 479 g/mol. The van der Waals surface area contributed by atoms with E-state index in [-0.39, 0.29) is 23.6 Å². The number of anilines is 1. The Bertz CT molecular complexity index is 1340. The summed E-state index contributed by atoms with van der Waals surface area (Å²) in [5.41, 5.74) is 3.23. The molecule has 2 N–H and O–H groups in total. The summed E-state index contributed by atoms with van der Waals surface area (Å²) in [7, 11) is 4.86. The molecular weight excluding hydrogens is 450 g/mol. The Balaban J connectivity index is 1.75. The number of nitrogens with zero attached hydrogens (tertiary/aromatic N) is 3. The molecule has 10 heteroatoms. The molecule has 10 nitrogen and oxygen atoms in total. The zero-order chi connectivity index (χ0) is 25.3. The number of methoxy groups -OCH3 is 2. The molecule has 0 radical (unpaired) electrons. The molecule has 1 aliphatic heterocycles. The Morgan fingerprint density at radius 1 is 1.17 bits per heavy atom. The normalized spacial score (nSPS) is 17.3. The highest BCUT2D eigenvalue weighted by Gasteiger charge is 2.30. The standard InChI is InChI=1S/C25H29N5O5/c1-7-21(31)27-17-11-35-12-18(17)28-25-26-10-15-8-16(24(32)30(4)23(15)29-25)22-13(2)19(33-5)9-20(34-6)14(22)3/h7-10,17-18H,1,11-12H2,2-6H3,(H,27,31)(H,26,28,29)/t17?,18-/m1/s1. The van der Waals surface area contributed by atoms with E-state index in [1.165, 1.54) is 10.6 Å². The lowest BCUT2D eigenvalue weighted by atomic mass is 9.94. The molecule has 3 heterocycles. The van der Waals surface area contributed by atoms with Crippen LogP contribution < -0.4 is 25.7 Å². The summed E-state index contributed by atoms with van der Waals surface area (Å²) < 4.78 is 18.0. The van der Waals surface area contributed by atoms with E-state index in [0.29, 0.717) is 47.3 Å². The number of hydrogen-bond acceptors (Lipinski definition) is 8. The first-order valence-corrected chi connectivity index (χ1v) is 11.2. The Morgan fingerprint density at radius 3 is 2.46 bits per heavy atom. The van der Waals surface area contributed by atoms with Gasteiger partial charge in [0.25, 0.3) is 5.56 Å². The number of benzene rings is 1. The minimum atomic E-state index is -0.276. The summed E-state index contributed by atoms with van der Waals surface area (Å²) in [6.45, 7) is 8.07. The van der Waals surface area contributed by atoms with Crippen molar-refractivity contribution in [3.05, 3.63) is 52.5 Å². The molecule has 0 aliphatic carbocycles. The topological polar surface area (TPSA) is 117 Å². The number of nitrogens with one attached hydrogen (secondary N) is 2. The van der Waals surface area contributed by atoms with Gasteiger partial charge in [0.05, 0.1) is 39.5 Å². The molecule has 35 heavy (non-hydrogen) atoms. The van der Waals surface area contributed by atoms with Crippen LogP contribution in [0.2, 0.25) is 0 Å². The first-order chi connectivity index (χ1) is 16.8. The quantitative estimate of drug-likeness (QED) is 0.495. The molecule has 1 amide bonds. The summed E-state index contributed by atoms with van der Waals surface area (Å²) in [6, 6.07) is 3.14. The van der Waals surface area contributed by atoms with Gasteiger partial charge in [-0.25, -0.2) is 4.98 Å². The largest absolute Gasteiger partial charge is 0.496 e. The van der Waals surface area contributed by atoms with Crippen molar-refractivity contribution >= 4 is 22.9 Å². The average Bonchev–Trinajstić information content (AvgIpc) is 3.28. The van der Waals surface area contributed by atoms with Crippen molar-refractivity contribution in [3.63, 3.8) is 0 Å². The molecule has 2 aromatic heterocycles. The van der Waals surface area contributed by atoms with E-state index in [4.69, 9.17) is 14.2 Å². The minimum Gasteiger partial charge on any atom is -0.496 e. The SMILES string of the molecule is C=CC(=O)NC1COC[C@H]1Nc1ncc2cc(-c3c(C)c(OC)cc(OC)c3C)c(=O)n(C)c2n1. The summed E-state index contributed by atoms with van der Waals surface area (Å²) >= 11 is 0. The number of carbonyl (C=O) groups is 1. The van der Waals surface area contributed by atoms with Gasteiger partial charge in [0.15, 0.2) is 0 Å². The Hall–Kier alpha value is -3.92. The second-order valence-electron chi connectivity index (χ2n) is 8.41. The molecule has 1 saturated heterocycles. The van der Waals surface area contributed by atoms with E-state index < -0.39 is 0 Å². The smallest absolute Gasteiger partial charge is 0.259 e. The van der Waals surface area contributed by atoms with Gasteiger partial charge in [0.1, 0.15) is 17.1 Å². The number of aromatic nitrogens is 3. The molecule has 2 atom stereocenters. The van der Waals surface area contributed by atoms with Gasteiger partial charge in [0, 0.05) is 35.8 Å². The predicted molar refractivity (Wildman–Crippen MR) is 133 cm³/mol. The van der Waals surface area contributed by atoms with Gasteiger partial charge in [0.2, 0.25) is 11.9 Å². The van der Waals surface area contributed by atoms with E-state index in [9.17, 15) is 9.59 Å². The summed E-state index contributed by atoms with van der Waals surface area (Å²) in [4.78, 5) is 34.2. The molecule has 1 unspecified atom stereocenters. The number of aryl methyl sites for hydroxylation is 1. The number of fused-ring (bicyclic) bond motifs is 1. The number of pyridine rings is 1. The lowest BCUT2D eigenvalue weighted by Gasteiger charge is -2.20. The van der Waals surface area contributed by atoms with Crippen LogP contribution in [-0.4, -0.2) is 60.0 Å². The van der Waals surface area contributed by atoms with Crippen LogP contribution in [-0.2, 0) is 16.6 Å². The predicted octanol–water partition coefficient (Wildman–Crippen LogP) is 2.11. The van der Waals surface area contributed by atoms with Gasteiger partial charge in [-0.1, -0.05) is 6.58 Å². The van der Waals surface area contributed by atoms with Crippen molar-refractivity contribution in [1.82, 2.24) is 19.9 Å². The van der Waals surface area contributed by atoms with E-state index in [0.717, 1.165) is 16.7 Å². The molecule has 4 rings (SSSR count). The fraction of sp³-hybridized carbons (Fsp3) is 0.360. The maximum absolute atomic E-state index is 13.5. The molecule has 184 valence electrons. The molecule has 1 fully saturated rings. The fourth-order valence-electron chi connectivity index (χ4n) is 4.43. The lowest BCUT2D eigenvalue weighted by molar-refractivity contribution is -0.117. The molecule has 1 aliphatic rings. The number of hydrogen-bond donors (Lipinski definition) is 2. The van der Waals surface area contributed by atoms with Crippen LogP contribution in [0.3, 0.4) is 0 Å². The van der Waals surface area contributed by atoms with Crippen molar-refractivity contribution < 1.29 is 19.0 Å². The van der Waals surface area contributed by atoms with Crippen LogP contribution in [0, 0.1) is 13.8 Å². The van der Waals surface area contributed by atoms with E-state index in [1.807, 2.05) is 19.9 Å². The third-order valence-corrected chi connectivity index (χ3v) is 6.32. The van der Waals surface area contributed by atoms with Crippen LogP contribution in [0.15, 0.2) is 35.8 Å². The highest BCUT2D eigenvalue weighted by molar-refractivity contribution is 5.87. The second-order valence-corrected chi connectivity index (χ2v) is 8.41. The summed E-state index contributed by atoms with van der Waals surface area (Å²) in [5.74, 6) is 1.33. The molecule has 1 aromatic carbocycles. The van der Waals surface area contributed by atoms with Gasteiger partial charge in [-0.3, -0.25) is 14.2 Å². The van der Waals surface area contributed by atoms with E-state index in [2.05, 4.69) is 27.2 Å². The van der Waals surface area contributed by atoms with Crippen molar-refractivity contribution in [1.29, 1.82) is 0 Å². The van der Waals surface area contributed by atoms with Gasteiger partial charge in [-0.15, -0.1) is 0 Å². The lowest BCUT2D eigenvalue weighted by Crippen LogP contribution is -2.45. The second kappa shape index (κ2) is 9.75. The van der Waals surface area contributed by atoms with Crippen LogP contribution in [0.25, 0.3) is 22.2 Å². The Kier molecular flexibility index (Phi) is 6.74. The molecule has 0 spiro atoms. The van der Waals surface area contributed by atoms with Gasteiger partial charge in [-0.2, -0.15) is 4.98 Å². The number of ether oxygens (including phenoxy) is 3. The van der Waals surface area contributed by atoms with Crippen LogP contribution in [0.4, 0.5) is 5.95 Å². The van der Waals surface area contributed by atoms with Crippen LogP contribution in [0.5, 0.6) is 11.5 Å². The van der Waals surface area contributed by atoms with E-state index >= 15 is 0 Å². The molecule has 0 bridgehead atoms. The third-order valence-electron chi connectivity index (χ3n) is 6.32. The van der Waals surface area contributed by atoms with Crippen molar-refractivity contribution in [2.24, 2.45) is 7.05 Å². The molecular formula is C25H29N5O5. The minimum absolute atomic E-state index is 0.205. The van der Waals surface area contributed by atoms with Crippen LogP contribution >= 0.6 is 0 Å². The van der Waals surface area contributed by atoms with Gasteiger partial charge >= 0.3 is 0 Å². The number of amides is 1. The van der Waals surface area contributed by atoms with Crippen LogP contribution in [0.1, 0.15) is 11.1 Å². The zero-order valence-corrected chi connectivity index (χ0v) is 20.5. The summed E-state index contributed by atoms with van der Waals surface area (Å²) in [5, 5.41) is 6.75. The number of carbonyl (C=O) groups excluding carboxylic acids is 1. The Labute approximate surface area is 202 Å². The van der Waals surface area contributed by atoms with Crippen molar-refractivity contribution in [2.45, 2.75) is 25.9 Å². The fourth-order valence-corrected chi connectivity index (χ4v) is 4.43. The zero-order valence-electron chi connectivity index (χ0n) is 20.5. The van der Waals surface area contributed by atoms with E-state index in [1.54, 1.807) is 33.5 Å². The summed E-state index contributed by atoms with van der Waals surface area (Å²) in [6.07, 6.45) is 2.89. The highest BCUT2D eigenvalue weighted by atomic mass is 16.5. The average molecular weight is 480 g/mol. The van der Waals surface area contributed by atoms with Crippen molar-refractivity contribution in [2.75, 3.05) is 32.8 Å².